The highest BCUT2D eigenvalue weighted by molar-refractivity contribution is 7.21. The number of ketones is 1. The number of rotatable bonds is 11. The average molecular weight is 564 g/mol. The highest BCUT2D eigenvalue weighted by Gasteiger charge is 2.17. The van der Waals surface area contributed by atoms with E-state index in [4.69, 9.17) is 4.74 Å². The molecule has 4 aromatic rings. The molecule has 40 heavy (non-hydrogen) atoms. The number of likely N-dealkylation sites (tertiary alicyclic amines) is 1. The summed E-state index contributed by atoms with van der Waals surface area (Å²) in [6.45, 7) is 5.69. The van der Waals surface area contributed by atoms with E-state index in [2.05, 4.69) is 15.2 Å². The molecule has 9 heteroatoms. The highest BCUT2D eigenvalue weighted by atomic mass is 32.1. The molecule has 1 fully saturated rings. The van der Waals surface area contributed by atoms with Crippen molar-refractivity contribution >= 4 is 33.2 Å². The molecule has 0 saturated carbocycles. The zero-order valence-electron chi connectivity index (χ0n) is 22.3. The lowest BCUT2D eigenvalue weighted by molar-refractivity contribution is -0.117. The lowest BCUT2D eigenvalue weighted by atomic mass is 10.0. The lowest BCUT2D eigenvalue weighted by Crippen LogP contribution is -2.28. The summed E-state index contributed by atoms with van der Waals surface area (Å²) in [6, 6.07) is 12.3. The fourth-order valence-corrected chi connectivity index (χ4v) is 5.88. The molecule has 1 saturated heterocycles. The van der Waals surface area contributed by atoms with Crippen molar-refractivity contribution in [2.24, 2.45) is 0 Å². The van der Waals surface area contributed by atoms with Crippen molar-refractivity contribution in [2.45, 2.75) is 39.0 Å². The second-order valence-electron chi connectivity index (χ2n) is 10.1. The van der Waals surface area contributed by atoms with E-state index in [1.54, 1.807) is 36.5 Å². The van der Waals surface area contributed by atoms with Crippen LogP contribution in [0.2, 0.25) is 0 Å². The second kappa shape index (κ2) is 12.7. The van der Waals surface area contributed by atoms with Crippen molar-refractivity contribution in [1.29, 1.82) is 0 Å². The van der Waals surface area contributed by atoms with Crippen LogP contribution in [0.25, 0.3) is 10.2 Å². The zero-order valence-corrected chi connectivity index (χ0v) is 23.2. The number of hydrogen-bond donors (Lipinski definition) is 1. The molecule has 208 valence electrons. The Morgan fingerprint density at radius 1 is 1.00 bits per heavy atom. The van der Waals surface area contributed by atoms with E-state index in [1.807, 2.05) is 6.92 Å². The maximum absolute atomic E-state index is 14.9. The second-order valence-corrected chi connectivity index (χ2v) is 11.2. The van der Waals surface area contributed by atoms with Gasteiger partial charge in [0, 0.05) is 37.7 Å². The van der Waals surface area contributed by atoms with Gasteiger partial charge in [0.1, 0.15) is 28.9 Å². The quantitative estimate of drug-likeness (QED) is 0.219. The number of thiophene rings is 1. The van der Waals surface area contributed by atoms with Crippen LogP contribution in [0, 0.1) is 18.6 Å². The first-order valence-electron chi connectivity index (χ1n) is 13.5. The number of aromatic nitrogens is 1. The van der Waals surface area contributed by atoms with E-state index in [0.29, 0.717) is 33.0 Å². The van der Waals surface area contributed by atoms with Crippen molar-refractivity contribution in [3.63, 3.8) is 0 Å². The van der Waals surface area contributed by atoms with Gasteiger partial charge in [-0.1, -0.05) is 23.8 Å². The first-order chi connectivity index (χ1) is 19.4. The third-order valence-corrected chi connectivity index (χ3v) is 8.10. The maximum atomic E-state index is 14.9. The largest absolute Gasteiger partial charge is 0.456 e. The highest BCUT2D eigenvalue weighted by Crippen LogP contribution is 2.35. The minimum Gasteiger partial charge on any atom is -0.456 e. The smallest absolute Gasteiger partial charge is 0.261 e. The number of carbonyl (C=O) groups is 2. The molecule has 0 bridgehead atoms. The van der Waals surface area contributed by atoms with Crippen LogP contribution >= 0.6 is 11.3 Å². The molecule has 0 aliphatic carbocycles. The number of nitrogens with zero attached hydrogens (tertiary/aromatic N) is 2. The minimum absolute atomic E-state index is 0.104. The summed E-state index contributed by atoms with van der Waals surface area (Å²) in [7, 11) is 0. The third kappa shape index (κ3) is 6.89. The van der Waals surface area contributed by atoms with E-state index in [9.17, 15) is 18.4 Å². The summed E-state index contributed by atoms with van der Waals surface area (Å²) >= 11 is 1.27. The van der Waals surface area contributed by atoms with Crippen LogP contribution in [0.4, 0.5) is 8.78 Å². The van der Waals surface area contributed by atoms with Gasteiger partial charge in [0.2, 0.25) is 0 Å². The van der Waals surface area contributed by atoms with Crippen LogP contribution in [0.1, 0.15) is 45.6 Å². The maximum Gasteiger partial charge on any atom is 0.261 e. The summed E-state index contributed by atoms with van der Waals surface area (Å²) in [5.41, 5.74) is 1.99. The number of benzene rings is 2. The summed E-state index contributed by atoms with van der Waals surface area (Å²) in [6.07, 6.45) is 4.72. The van der Waals surface area contributed by atoms with Crippen LogP contribution in [-0.4, -0.2) is 47.8 Å². The molecular formula is C31H31F2N3O3S. The number of aryl methyl sites for hydroxylation is 1. The van der Waals surface area contributed by atoms with Crippen molar-refractivity contribution < 1.29 is 23.1 Å². The van der Waals surface area contributed by atoms with Gasteiger partial charge in [-0.15, -0.1) is 11.3 Å². The topological polar surface area (TPSA) is 71.5 Å². The van der Waals surface area contributed by atoms with Crippen molar-refractivity contribution in [1.82, 2.24) is 15.2 Å². The Morgan fingerprint density at radius 2 is 1.80 bits per heavy atom. The number of nitrogens with one attached hydrogen (secondary N) is 1. The predicted molar refractivity (Wildman–Crippen MR) is 152 cm³/mol. The standard InChI is InChI=1S/C31H31F2N3O3S/c1-20-5-8-25(32)22(15-20)17-23(37)16-21-6-7-24(18-26(21)33)39-28-9-11-34-27-19-29(40-30(27)28)31(38)35-10-4-14-36-12-2-3-13-36/h5-9,11,15,18-19H,2-4,10,12-14,16-17H2,1H3,(H,35,38). The summed E-state index contributed by atoms with van der Waals surface area (Å²) in [5, 5.41) is 2.98. The van der Waals surface area contributed by atoms with Crippen LogP contribution in [0.15, 0.2) is 54.7 Å². The molecular weight excluding hydrogens is 532 g/mol. The number of fused-ring (bicyclic) bond motifs is 1. The Hall–Kier alpha value is -3.69. The monoisotopic (exact) mass is 563 g/mol. The van der Waals surface area contributed by atoms with E-state index >= 15 is 0 Å². The zero-order chi connectivity index (χ0) is 28.1. The van der Waals surface area contributed by atoms with Crippen molar-refractivity contribution in [2.75, 3.05) is 26.2 Å². The molecule has 3 heterocycles. The summed E-state index contributed by atoms with van der Waals surface area (Å²) < 4.78 is 35.6. The van der Waals surface area contributed by atoms with Crippen molar-refractivity contribution in [3.05, 3.63) is 87.9 Å². The van der Waals surface area contributed by atoms with E-state index < -0.39 is 11.6 Å². The third-order valence-electron chi connectivity index (χ3n) is 6.96. The number of ether oxygens (including phenoxy) is 1. The Morgan fingerprint density at radius 3 is 2.60 bits per heavy atom. The molecule has 2 aromatic heterocycles. The first kappa shape index (κ1) is 27.9. The van der Waals surface area contributed by atoms with Gasteiger partial charge in [0.25, 0.3) is 5.91 Å². The molecule has 2 aromatic carbocycles. The molecule has 6 nitrogen and oxygen atoms in total. The number of Topliss-reactive ketones (excluding diaryl/α,β-unsaturated/α-hetero) is 1. The van der Waals surface area contributed by atoms with Gasteiger partial charge in [-0.25, -0.2) is 8.78 Å². The van der Waals surface area contributed by atoms with Gasteiger partial charge in [-0.3, -0.25) is 14.6 Å². The van der Waals surface area contributed by atoms with Gasteiger partial charge in [0.05, 0.1) is 15.1 Å². The van der Waals surface area contributed by atoms with E-state index in [0.717, 1.165) is 31.6 Å². The fourth-order valence-electron chi connectivity index (χ4n) is 4.89. The molecule has 0 atom stereocenters. The fraction of sp³-hybridized carbons (Fsp3) is 0.323. The van der Waals surface area contributed by atoms with Crippen molar-refractivity contribution in [3.8, 4) is 11.5 Å². The Bertz CT molecular complexity index is 1530. The molecule has 0 spiro atoms. The Labute approximate surface area is 236 Å². The van der Waals surface area contributed by atoms with Crippen LogP contribution < -0.4 is 10.1 Å². The van der Waals surface area contributed by atoms with E-state index in [1.165, 1.54) is 42.4 Å². The number of amides is 1. The number of halogens is 2. The minimum atomic E-state index is -0.582. The van der Waals surface area contributed by atoms with Gasteiger partial charge in [0.15, 0.2) is 0 Å². The number of carbonyl (C=O) groups excluding carboxylic acids is 2. The van der Waals surface area contributed by atoms with Crippen LogP contribution in [0.3, 0.4) is 0 Å². The molecule has 0 unspecified atom stereocenters. The number of hydrogen-bond acceptors (Lipinski definition) is 6. The lowest BCUT2D eigenvalue weighted by Gasteiger charge is -2.14. The van der Waals surface area contributed by atoms with Gasteiger partial charge < -0.3 is 15.0 Å². The number of pyridine rings is 1. The molecule has 1 amide bonds. The molecule has 0 radical (unpaired) electrons. The Balaban J connectivity index is 1.21. The molecule has 5 rings (SSSR count). The van der Waals surface area contributed by atoms with Gasteiger partial charge in [-0.05, 0) is 75.1 Å². The van der Waals surface area contributed by atoms with Crippen LogP contribution in [0.5, 0.6) is 11.5 Å². The Kier molecular flexibility index (Phi) is 8.81. The summed E-state index contributed by atoms with van der Waals surface area (Å²) in [4.78, 5) is 32.5. The summed E-state index contributed by atoms with van der Waals surface area (Å²) in [5.74, 6) is -0.748. The molecule has 1 aliphatic rings. The average Bonchev–Trinajstić information content (AvgIpc) is 3.61. The predicted octanol–water partition coefficient (Wildman–Crippen LogP) is 6.25. The van der Waals surface area contributed by atoms with Gasteiger partial charge in [-0.2, -0.15) is 0 Å². The van der Waals surface area contributed by atoms with Crippen LogP contribution in [-0.2, 0) is 17.6 Å². The molecule has 1 aliphatic heterocycles. The first-order valence-corrected chi connectivity index (χ1v) is 14.3. The van der Waals surface area contributed by atoms with E-state index in [-0.39, 0.29) is 35.8 Å². The van der Waals surface area contributed by atoms with Gasteiger partial charge >= 0.3 is 0 Å². The SMILES string of the molecule is Cc1ccc(F)c(CC(=O)Cc2ccc(Oc3ccnc4cc(C(=O)NCCCN5CCCC5)sc34)cc2F)c1. The molecule has 1 N–H and O–H groups in total. The normalized spacial score (nSPS) is 13.6.